The van der Waals surface area contributed by atoms with E-state index in [0.29, 0.717) is 18.8 Å². The van der Waals surface area contributed by atoms with Crippen LogP contribution < -0.4 is 0 Å². The lowest BCUT2D eigenvalue weighted by atomic mass is 10.1. The molecule has 300 valence electrons. The van der Waals surface area contributed by atoms with E-state index >= 15 is 0 Å². The summed E-state index contributed by atoms with van der Waals surface area (Å²) in [6.07, 6.45) is 3.14. The molecule has 4 aromatic heterocycles. The smallest absolute Gasteiger partial charge is 0.124 e. The second-order valence-corrected chi connectivity index (χ2v) is 15.8. The highest BCUT2D eigenvalue weighted by Crippen LogP contribution is 2.27. The minimum atomic E-state index is 0.360. The lowest BCUT2D eigenvalue weighted by Crippen LogP contribution is -2.30. The number of hydrogen-bond donors (Lipinski definition) is 1. The van der Waals surface area contributed by atoms with Gasteiger partial charge in [0.1, 0.15) is 29.0 Å². The maximum Gasteiger partial charge on any atom is 0.124 e. The van der Waals surface area contributed by atoms with E-state index in [1.54, 1.807) is 0 Å². The van der Waals surface area contributed by atoms with Crippen molar-refractivity contribution < 1.29 is 5.11 Å². The number of nitrogens with zero attached hydrogens (tertiary/aromatic N) is 10. The molecule has 9 rings (SSSR count). The van der Waals surface area contributed by atoms with E-state index in [1.165, 1.54) is 0 Å². The van der Waals surface area contributed by atoms with Crippen LogP contribution in [0.15, 0.2) is 115 Å². The van der Waals surface area contributed by atoms with Crippen LogP contribution in [0.25, 0.3) is 44.1 Å². The second-order valence-electron chi connectivity index (χ2n) is 15.8. The Morgan fingerprint density at radius 2 is 0.661 bits per heavy atom. The van der Waals surface area contributed by atoms with Gasteiger partial charge in [0.2, 0.25) is 0 Å². The Bertz CT molecular complexity index is 2540. The first-order chi connectivity index (χ1) is 28.8. The number of fused-ring (bicyclic) bond motifs is 4. The summed E-state index contributed by atoms with van der Waals surface area (Å²) < 4.78 is 8.80. The number of benzene rings is 5. The Hall–Kier alpha value is -6.30. The molecule has 59 heavy (non-hydrogen) atoms. The normalized spacial score (nSPS) is 12.1. The largest absolute Gasteiger partial charge is 0.507 e. The molecule has 0 spiro atoms. The van der Waals surface area contributed by atoms with Gasteiger partial charge in [-0.3, -0.25) is 9.80 Å². The van der Waals surface area contributed by atoms with Crippen LogP contribution >= 0.6 is 0 Å². The van der Waals surface area contributed by atoms with Crippen molar-refractivity contribution in [2.45, 2.75) is 38.8 Å². The minimum absolute atomic E-state index is 0.360. The number of aryl methyl sites for hydroxylation is 4. The molecule has 11 heteroatoms. The summed E-state index contributed by atoms with van der Waals surface area (Å²) in [5, 5.41) is 12.1. The van der Waals surface area contributed by atoms with Gasteiger partial charge in [-0.05, 0) is 48.5 Å². The van der Waals surface area contributed by atoms with Gasteiger partial charge in [0.05, 0.1) is 44.1 Å². The van der Waals surface area contributed by atoms with Crippen molar-refractivity contribution >= 4 is 44.1 Å². The number of phenols is 1. The van der Waals surface area contributed by atoms with Gasteiger partial charge in [-0.1, -0.05) is 66.7 Å². The average molecular weight is 785 g/mol. The molecular formula is C48H52N10O. The van der Waals surface area contributed by atoms with Crippen molar-refractivity contribution in [3.63, 3.8) is 0 Å². The minimum Gasteiger partial charge on any atom is -0.507 e. The molecule has 0 amide bonds. The Morgan fingerprint density at radius 3 is 0.932 bits per heavy atom. The summed E-state index contributed by atoms with van der Waals surface area (Å²) in [6.45, 7) is 4.35. The Balaban J connectivity index is 0.965. The van der Waals surface area contributed by atoms with Gasteiger partial charge in [-0.25, -0.2) is 19.9 Å². The van der Waals surface area contributed by atoms with Gasteiger partial charge in [0, 0.05) is 104 Å². The zero-order valence-corrected chi connectivity index (χ0v) is 34.5. The van der Waals surface area contributed by atoms with Crippen LogP contribution in [0.5, 0.6) is 5.75 Å². The van der Waals surface area contributed by atoms with Crippen LogP contribution in [-0.2, 0) is 67.0 Å². The maximum atomic E-state index is 12.1. The molecule has 5 aromatic carbocycles. The second kappa shape index (κ2) is 16.5. The van der Waals surface area contributed by atoms with Gasteiger partial charge >= 0.3 is 0 Å². The third-order valence-electron chi connectivity index (χ3n) is 12.1. The Kier molecular flexibility index (Phi) is 10.7. The summed E-state index contributed by atoms with van der Waals surface area (Å²) in [7, 11) is 8.40. The number of rotatable bonds is 16. The Labute approximate surface area is 344 Å². The first-order valence-corrected chi connectivity index (χ1v) is 20.7. The van der Waals surface area contributed by atoms with E-state index in [1.807, 2.05) is 24.3 Å². The van der Waals surface area contributed by atoms with Gasteiger partial charge < -0.3 is 23.4 Å². The highest BCUT2D eigenvalue weighted by Gasteiger charge is 2.19. The fourth-order valence-electron chi connectivity index (χ4n) is 8.63. The first-order valence-electron chi connectivity index (χ1n) is 20.7. The molecule has 0 bridgehead atoms. The highest BCUT2D eigenvalue weighted by atomic mass is 16.3. The van der Waals surface area contributed by atoms with Gasteiger partial charge in [0.15, 0.2) is 0 Å². The molecule has 0 aliphatic rings. The molecule has 11 nitrogen and oxygen atoms in total. The van der Waals surface area contributed by atoms with E-state index in [-0.39, 0.29) is 0 Å². The van der Waals surface area contributed by atoms with Crippen molar-refractivity contribution in [3.05, 3.63) is 150 Å². The van der Waals surface area contributed by atoms with Gasteiger partial charge in [-0.2, -0.15) is 0 Å². The summed E-state index contributed by atoms with van der Waals surface area (Å²) in [5.41, 5.74) is 10.4. The van der Waals surface area contributed by atoms with Crippen LogP contribution in [0, 0.1) is 0 Å². The van der Waals surface area contributed by atoms with Gasteiger partial charge in [0.25, 0.3) is 0 Å². The molecule has 0 unspecified atom stereocenters. The van der Waals surface area contributed by atoms with Crippen molar-refractivity contribution in [3.8, 4) is 5.75 Å². The summed E-state index contributed by atoms with van der Waals surface area (Å²) in [6, 6.07) is 39.5. The molecule has 0 radical (unpaired) electrons. The van der Waals surface area contributed by atoms with Crippen molar-refractivity contribution in [1.82, 2.24) is 48.0 Å². The van der Waals surface area contributed by atoms with Gasteiger partial charge in [-0.15, -0.1) is 0 Å². The predicted molar refractivity (Wildman–Crippen MR) is 236 cm³/mol. The first kappa shape index (κ1) is 38.2. The zero-order valence-electron chi connectivity index (χ0n) is 34.5. The number of para-hydroxylation sites is 9. The number of hydrogen-bond acceptors (Lipinski definition) is 7. The molecule has 4 heterocycles. The summed E-state index contributed by atoms with van der Waals surface area (Å²) in [5.74, 6) is 4.56. The quantitative estimate of drug-likeness (QED) is 0.108. The molecule has 1 N–H and O–H groups in total. The summed E-state index contributed by atoms with van der Waals surface area (Å²) in [4.78, 5) is 24.8. The molecule has 0 saturated carbocycles. The lowest BCUT2D eigenvalue weighted by molar-refractivity contribution is 0.256. The number of phenolic OH excluding ortho intramolecular Hbond substituents is 1. The zero-order chi connectivity index (χ0) is 40.5. The van der Waals surface area contributed by atoms with Crippen LogP contribution in [0.2, 0.25) is 0 Å². The molecule has 0 fully saturated rings. The van der Waals surface area contributed by atoms with Crippen LogP contribution in [0.4, 0.5) is 0 Å². The van der Waals surface area contributed by atoms with Crippen LogP contribution in [-0.4, -0.2) is 79.3 Å². The monoisotopic (exact) mass is 784 g/mol. The number of aromatic nitrogens is 8. The lowest BCUT2D eigenvalue weighted by Gasteiger charge is -2.25. The van der Waals surface area contributed by atoms with Crippen LogP contribution in [0.1, 0.15) is 34.4 Å². The van der Waals surface area contributed by atoms with Crippen LogP contribution in [0.3, 0.4) is 0 Å². The average Bonchev–Trinajstić information content (AvgIpc) is 3.98. The standard InChI is InChI=1S/C48H52N10O/c1-53-40-20-9-5-16-36(40)49-44(53)24-28-57(29-25-45-50-37-17-6-10-21-41(37)54(45)2)32-34-14-13-15-35(48(34)59)33-58(30-26-46-51-38-18-7-11-22-42(38)55(46)3)31-27-47-52-39-19-8-12-23-43(39)56(47)4/h5-23,59H,24-33H2,1-4H3. The van der Waals surface area contributed by atoms with E-state index in [0.717, 1.165) is 130 Å². The van der Waals surface area contributed by atoms with E-state index in [9.17, 15) is 5.11 Å². The van der Waals surface area contributed by atoms with Crippen molar-refractivity contribution in [1.29, 1.82) is 0 Å². The maximum absolute atomic E-state index is 12.1. The molecule has 0 aliphatic carbocycles. The molecule has 0 aliphatic heterocycles. The molecule has 9 aromatic rings. The third kappa shape index (κ3) is 7.83. The Morgan fingerprint density at radius 1 is 0.390 bits per heavy atom. The SMILES string of the molecule is Cn1c(CCN(CCc2nc3ccccc3n2C)Cc2cccc(CN(CCc3nc4ccccc4n3C)CCc3nc4ccccc4n3C)c2O)nc2ccccc21. The highest BCUT2D eigenvalue weighted by molar-refractivity contribution is 5.77. The predicted octanol–water partition coefficient (Wildman–Crippen LogP) is 7.51. The third-order valence-corrected chi connectivity index (χ3v) is 12.1. The molecule has 0 saturated heterocycles. The fourth-order valence-corrected chi connectivity index (χ4v) is 8.63. The van der Waals surface area contributed by atoms with E-state index in [2.05, 4.69) is 147 Å². The van der Waals surface area contributed by atoms with Crippen molar-refractivity contribution in [2.24, 2.45) is 28.2 Å². The number of aromatic hydroxyl groups is 1. The molecular weight excluding hydrogens is 733 g/mol. The number of imidazole rings is 4. The van der Waals surface area contributed by atoms with E-state index < -0.39 is 0 Å². The molecule has 0 atom stereocenters. The topological polar surface area (TPSA) is 98.0 Å². The van der Waals surface area contributed by atoms with E-state index in [4.69, 9.17) is 19.9 Å². The fraction of sp³-hybridized carbons (Fsp3) is 0.292. The summed E-state index contributed by atoms with van der Waals surface area (Å²) >= 11 is 0. The van der Waals surface area contributed by atoms with Crippen molar-refractivity contribution in [2.75, 3.05) is 26.2 Å².